The Morgan fingerprint density at radius 1 is 0.938 bits per heavy atom. The molecular weight excluding hydrogens is 404 g/mol. The van der Waals surface area contributed by atoms with Gasteiger partial charge in [0.25, 0.3) is 17.7 Å². The zero-order valence-electron chi connectivity index (χ0n) is 18.0. The molecule has 6 heteroatoms. The lowest BCUT2D eigenvalue weighted by molar-refractivity contribution is 0.0642. The summed E-state index contributed by atoms with van der Waals surface area (Å²) in [5.41, 5.74) is 2.97. The molecule has 6 nitrogen and oxygen atoms in total. The third-order valence-electron chi connectivity index (χ3n) is 5.66. The minimum absolute atomic E-state index is 0.0804. The smallest absolute Gasteiger partial charge is 0.261 e. The molecule has 32 heavy (non-hydrogen) atoms. The Labute approximate surface area is 186 Å². The molecule has 0 aromatic heterocycles. The number of benzene rings is 3. The Morgan fingerprint density at radius 2 is 1.56 bits per heavy atom. The zero-order chi connectivity index (χ0) is 22.7. The fourth-order valence-corrected chi connectivity index (χ4v) is 3.84. The van der Waals surface area contributed by atoms with Gasteiger partial charge >= 0.3 is 0 Å². The van der Waals surface area contributed by atoms with Crippen molar-refractivity contribution in [3.05, 3.63) is 101 Å². The monoisotopic (exact) mass is 428 g/mol. The van der Waals surface area contributed by atoms with E-state index in [1.165, 1.54) is 12.0 Å². The van der Waals surface area contributed by atoms with Gasteiger partial charge in [-0.05, 0) is 41.3 Å². The van der Waals surface area contributed by atoms with Gasteiger partial charge in [0.05, 0.1) is 30.3 Å². The third kappa shape index (κ3) is 4.12. The summed E-state index contributed by atoms with van der Waals surface area (Å²) in [6.45, 7) is 2.59. The van der Waals surface area contributed by atoms with Crippen LogP contribution in [-0.2, 0) is 6.54 Å². The second-order valence-corrected chi connectivity index (χ2v) is 7.80. The highest BCUT2D eigenvalue weighted by Crippen LogP contribution is 2.26. The number of carbonyl (C=O) groups excluding carboxylic acids is 3. The van der Waals surface area contributed by atoms with Gasteiger partial charge in [-0.3, -0.25) is 19.3 Å². The normalized spacial score (nSPS) is 13.6. The van der Waals surface area contributed by atoms with Crippen molar-refractivity contribution < 1.29 is 19.1 Å². The third-order valence-corrected chi connectivity index (χ3v) is 5.66. The average Bonchev–Trinajstić information content (AvgIpc) is 3.07. The topological polar surface area (TPSA) is 75.7 Å². The lowest BCUT2D eigenvalue weighted by atomic mass is 10.0. The Hall–Kier alpha value is -3.93. The van der Waals surface area contributed by atoms with Crippen molar-refractivity contribution >= 4 is 17.7 Å². The summed E-state index contributed by atoms with van der Waals surface area (Å²) in [7, 11) is 1.50. The predicted molar refractivity (Wildman–Crippen MR) is 121 cm³/mol. The number of nitrogens with one attached hydrogen (secondary N) is 1. The molecule has 0 fully saturated rings. The molecule has 1 unspecified atom stereocenters. The van der Waals surface area contributed by atoms with Crippen LogP contribution in [0.25, 0.3) is 0 Å². The van der Waals surface area contributed by atoms with Crippen LogP contribution in [0, 0.1) is 0 Å². The molecule has 4 rings (SSSR count). The zero-order valence-corrected chi connectivity index (χ0v) is 18.0. The van der Waals surface area contributed by atoms with Crippen LogP contribution in [0.2, 0.25) is 0 Å². The Kier molecular flexibility index (Phi) is 6.03. The van der Waals surface area contributed by atoms with Crippen LogP contribution in [0.1, 0.15) is 55.0 Å². The highest BCUT2D eigenvalue weighted by Gasteiger charge is 2.35. The van der Waals surface area contributed by atoms with E-state index in [1.54, 1.807) is 42.5 Å². The molecule has 0 aliphatic carbocycles. The number of nitrogens with zero attached hydrogens (tertiary/aromatic N) is 1. The lowest BCUT2D eigenvalue weighted by Gasteiger charge is -2.17. The number of hydrogen-bond acceptors (Lipinski definition) is 4. The van der Waals surface area contributed by atoms with Crippen molar-refractivity contribution in [3.63, 3.8) is 0 Å². The molecule has 1 heterocycles. The minimum atomic E-state index is -0.330. The molecule has 3 aromatic carbocycles. The van der Waals surface area contributed by atoms with Crippen LogP contribution in [0.4, 0.5) is 0 Å². The Bertz CT molecular complexity index is 1140. The second kappa shape index (κ2) is 9.06. The summed E-state index contributed by atoms with van der Waals surface area (Å²) >= 11 is 0. The van der Waals surface area contributed by atoms with Crippen LogP contribution < -0.4 is 10.1 Å². The van der Waals surface area contributed by atoms with Crippen molar-refractivity contribution in [2.75, 3.05) is 13.7 Å². The minimum Gasteiger partial charge on any atom is -0.496 e. The maximum absolute atomic E-state index is 12.9. The van der Waals surface area contributed by atoms with Crippen LogP contribution in [-0.4, -0.2) is 36.3 Å². The van der Waals surface area contributed by atoms with E-state index in [9.17, 15) is 14.4 Å². The number of fused-ring (bicyclic) bond motifs is 1. The molecule has 0 saturated carbocycles. The highest BCUT2D eigenvalue weighted by atomic mass is 16.5. The van der Waals surface area contributed by atoms with Gasteiger partial charge in [0.1, 0.15) is 5.75 Å². The Morgan fingerprint density at radius 3 is 2.19 bits per heavy atom. The van der Waals surface area contributed by atoms with Gasteiger partial charge in [-0.1, -0.05) is 55.5 Å². The summed E-state index contributed by atoms with van der Waals surface area (Å²) in [6.07, 6.45) is 0. The van der Waals surface area contributed by atoms with Crippen molar-refractivity contribution in [1.82, 2.24) is 10.2 Å². The average molecular weight is 428 g/mol. The van der Waals surface area contributed by atoms with E-state index in [0.717, 1.165) is 5.56 Å². The van der Waals surface area contributed by atoms with Gasteiger partial charge in [-0.15, -0.1) is 0 Å². The van der Waals surface area contributed by atoms with E-state index < -0.39 is 0 Å². The number of rotatable bonds is 7. The molecule has 1 N–H and O–H groups in total. The highest BCUT2D eigenvalue weighted by molar-refractivity contribution is 6.21. The number of imide groups is 1. The van der Waals surface area contributed by atoms with Gasteiger partial charge < -0.3 is 10.1 Å². The number of hydrogen-bond donors (Lipinski definition) is 1. The molecule has 1 aliphatic heterocycles. The van der Waals surface area contributed by atoms with Gasteiger partial charge in [-0.2, -0.15) is 0 Å². The van der Waals surface area contributed by atoms with E-state index in [2.05, 4.69) is 5.32 Å². The summed E-state index contributed by atoms with van der Waals surface area (Å²) in [4.78, 5) is 39.5. The number of ether oxygens (including phenoxy) is 1. The first-order valence-electron chi connectivity index (χ1n) is 10.4. The first kappa shape index (κ1) is 21.3. The lowest BCUT2D eigenvalue weighted by Crippen LogP contribution is -2.30. The van der Waals surface area contributed by atoms with E-state index in [0.29, 0.717) is 34.5 Å². The van der Waals surface area contributed by atoms with Crippen molar-refractivity contribution in [1.29, 1.82) is 0 Å². The molecule has 3 amide bonds. The maximum Gasteiger partial charge on any atom is 0.261 e. The fraction of sp³-hybridized carbons (Fsp3) is 0.192. The molecule has 0 saturated heterocycles. The molecule has 1 aliphatic rings. The summed E-state index contributed by atoms with van der Waals surface area (Å²) in [6, 6.07) is 21.8. The maximum atomic E-state index is 12.9. The van der Waals surface area contributed by atoms with Crippen LogP contribution in [0.15, 0.2) is 72.8 Å². The van der Waals surface area contributed by atoms with Gasteiger partial charge in [0.15, 0.2) is 0 Å². The SMILES string of the molecule is COc1ccc(CN2C(=O)c3ccccc3C2=O)cc1C(=O)NCC(C)c1ccccc1. The largest absolute Gasteiger partial charge is 0.496 e. The Balaban J connectivity index is 1.50. The summed E-state index contributed by atoms with van der Waals surface area (Å²) in [5, 5.41) is 2.96. The number of amides is 3. The first-order valence-corrected chi connectivity index (χ1v) is 10.4. The van der Waals surface area contributed by atoms with E-state index >= 15 is 0 Å². The summed E-state index contributed by atoms with van der Waals surface area (Å²) < 4.78 is 5.37. The van der Waals surface area contributed by atoms with Crippen LogP contribution in [0.3, 0.4) is 0 Å². The molecule has 1 atom stereocenters. The van der Waals surface area contributed by atoms with E-state index in [4.69, 9.17) is 4.74 Å². The first-order chi connectivity index (χ1) is 15.5. The number of methoxy groups -OCH3 is 1. The second-order valence-electron chi connectivity index (χ2n) is 7.80. The molecular formula is C26H24N2O4. The van der Waals surface area contributed by atoms with Gasteiger partial charge in [0, 0.05) is 6.54 Å². The summed E-state index contributed by atoms with van der Waals surface area (Å²) in [5.74, 6) is -0.351. The molecule has 0 radical (unpaired) electrons. The van der Waals surface area contributed by atoms with Gasteiger partial charge in [0.2, 0.25) is 0 Å². The molecule has 162 valence electrons. The molecule has 0 spiro atoms. The van der Waals surface area contributed by atoms with Crippen LogP contribution >= 0.6 is 0 Å². The standard InChI is InChI=1S/C26H24N2O4/c1-17(19-8-4-3-5-9-19)15-27-24(29)22-14-18(12-13-23(22)32-2)16-28-25(30)20-10-6-7-11-21(20)26(28)31/h3-14,17H,15-16H2,1-2H3,(H,27,29). The molecule has 0 bridgehead atoms. The van der Waals surface area contributed by atoms with Gasteiger partial charge in [-0.25, -0.2) is 0 Å². The number of carbonyl (C=O) groups is 3. The van der Waals surface area contributed by atoms with Crippen molar-refractivity contribution in [2.24, 2.45) is 0 Å². The predicted octanol–water partition coefficient (Wildman–Crippen LogP) is 4.02. The van der Waals surface area contributed by atoms with E-state index in [-0.39, 0.29) is 30.2 Å². The van der Waals surface area contributed by atoms with E-state index in [1.807, 2.05) is 37.3 Å². The molecule has 3 aromatic rings. The van der Waals surface area contributed by atoms with Crippen LogP contribution in [0.5, 0.6) is 5.75 Å². The quantitative estimate of drug-likeness (QED) is 0.577. The fourth-order valence-electron chi connectivity index (χ4n) is 3.84. The van der Waals surface area contributed by atoms with Crippen molar-refractivity contribution in [3.8, 4) is 5.75 Å². The van der Waals surface area contributed by atoms with Crippen molar-refractivity contribution in [2.45, 2.75) is 19.4 Å².